The largest absolute Gasteiger partial charge is 0.342 e. The van der Waals surface area contributed by atoms with Gasteiger partial charge in [0, 0.05) is 25.0 Å². The van der Waals surface area contributed by atoms with E-state index in [2.05, 4.69) is 47.7 Å². The summed E-state index contributed by atoms with van der Waals surface area (Å²) in [6.45, 7) is 10.0. The van der Waals surface area contributed by atoms with Crippen molar-refractivity contribution in [2.24, 2.45) is 7.05 Å². The van der Waals surface area contributed by atoms with Crippen molar-refractivity contribution in [2.45, 2.75) is 38.9 Å². The summed E-state index contributed by atoms with van der Waals surface area (Å²) in [7, 11) is 1.81. The molecule has 1 unspecified atom stereocenters. The van der Waals surface area contributed by atoms with Crippen molar-refractivity contribution >= 4 is 32.8 Å². The molecule has 1 heterocycles. The van der Waals surface area contributed by atoms with E-state index in [0.29, 0.717) is 5.39 Å². The Kier molecular flexibility index (Phi) is 5.27. The Morgan fingerprint density at radius 1 is 1.36 bits per heavy atom. The first kappa shape index (κ1) is 17.0. The quantitative estimate of drug-likeness (QED) is 0.753. The highest BCUT2D eigenvalue weighted by molar-refractivity contribution is 9.09. The Balaban J connectivity index is 2.82. The van der Waals surface area contributed by atoms with Crippen LogP contribution in [0.25, 0.3) is 10.9 Å². The lowest BCUT2D eigenvalue weighted by molar-refractivity contribution is 0.713. The highest BCUT2D eigenvalue weighted by Gasteiger charge is 2.17. The summed E-state index contributed by atoms with van der Waals surface area (Å²) in [5, 5.41) is 0.695. The SMILES string of the molecule is CCCN(CC)c1nc2c(C(C)Br)cc(C)cc2c(=O)n1C. The molecule has 0 aliphatic rings. The normalized spacial score (nSPS) is 12.6. The van der Waals surface area contributed by atoms with Gasteiger partial charge < -0.3 is 4.90 Å². The van der Waals surface area contributed by atoms with Gasteiger partial charge in [0.15, 0.2) is 0 Å². The van der Waals surface area contributed by atoms with Crippen LogP contribution in [0.1, 0.15) is 43.1 Å². The van der Waals surface area contributed by atoms with E-state index < -0.39 is 0 Å². The van der Waals surface area contributed by atoms with Crippen molar-refractivity contribution in [3.63, 3.8) is 0 Å². The summed E-state index contributed by atoms with van der Waals surface area (Å²) in [5.74, 6) is 0.750. The molecule has 1 atom stereocenters. The molecule has 22 heavy (non-hydrogen) atoms. The monoisotopic (exact) mass is 365 g/mol. The molecule has 5 heteroatoms. The number of aromatic nitrogens is 2. The van der Waals surface area contributed by atoms with Crippen molar-refractivity contribution in [2.75, 3.05) is 18.0 Å². The molecule has 0 radical (unpaired) electrons. The summed E-state index contributed by atoms with van der Waals surface area (Å²) in [5.41, 5.74) is 2.98. The fourth-order valence-corrected chi connectivity index (χ4v) is 3.15. The predicted octanol–water partition coefficient (Wildman–Crippen LogP) is 3.93. The second-order valence-electron chi connectivity index (χ2n) is 5.72. The van der Waals surface area contributed by atoms with Gasteiger partial charge in [0.2, 0.25) is 5.95 Å². The van der Waals surface area contributed by atoms with Crippen molar-refractivity contribution in [3.8, 4) is 0 Å². The average Bonchev–Trinajstić information content (AvgIpc) is 2.48. The van der Waals surface area contributed by atoms with E-state index in [9.17, 15) is 4.79 Å². The van der Waals surface area contributed by atoms with Gasteiger partial charge in [0.1, 0.15) is 0 Å². The van der Waals surface area contributed by atoms with Crippen molar-refractivity contribution < 1.29 is 0 Å². The molecule has 1 aromatic carbocycles. The number of hydrogen-bond acceptors (Lipinski definition) is 3. The van der Waals surface area contributed by atoms with E-state index in [1.165, 1.54) is 0 Å². The maximum absolute atomic E-state index is 12.8. The van der Waals surface area contributed by atoms with Gasteiger partial charge in [-0.05, 0) is 44.4 Å². The van der Waals surface area contributed by atoms with E-state index in [4.69, 9.17) is 4.98 Å². The molecule has 1 aromatic heterocycles. The molecule has 0 aliphatic carbocycles. The van der Waals surface area contributed by atoms with Crippen LogP contribution in [-0.2, 0) is 7.05 Å². The van der Waals surface area contributed by atoms with Crippen LogP contribution in [0.5, 0.6) is 0 Å². The van der Waals surface area contributed by atoms with E-state index in [1.807, 2.05) is 20.0 Å². The van der Waals surface area contributed by atoms with Crippen LogP contribution < -0.4 is 10.5 Å². The minimum absolute atomic E-state index is 0.0210. The summed E-state index contributed by atoms with van der Waals surface area (Å²) < 4.78 is 1.67. The molecule has 0 bridgehead atoms. The number of benzene rings is 1. The molecule has 2 aromatic rings. The van der Waals surface area contributed by atoms with Gasteiger partial charge in [-0.3, -0.25) is 9.36 Å². The van der Waals surface area contributed by atoms with Gasteiger partial charge in [0.05, 0.1) is 10.9 Å². The van der Waals surface area contributed by atoms with E-state index >= 15 is 0 Å². The lowest BCUT2D eigenvalue weighted by atomic mass is 10.0. The first-order valence-corrected chi connectivity index (χ1v) is 8.72. The van der Waals surface area contributed by atoms with Gasteiger partial charge >= 0.3 is 0 Å². The van der Waals surface area contributed by atoms with E-state index in [0.717, 1.165) is 42.1 Å². The zero-order valence-electron chi connectivity index (χ0n) is 14.0. The lowest BCUT2D eigenvalue weighted by Crippen LogP contribution is -2.32. The Hall–Kier alpha value is -1.36. The minimum Gasteiger partial charge on any atom is -0.342 e. The number of halogens is 1. The fraction of sp³-hybridized carbons (Fsp3) is 0.529. The smallest absolute Gasteiger partial charge is 0.262 e. The van der Waals surface area contributed by atoms with Gasteiger partial charge in [-0.1, -0.05) is 28.9 Å². The highest BCUT2D eigenvalue weighted by atomic mass is 79.9. The predicted molar refractivity (Wildman–Crippen MR) is 97.2 cm³/mol. The topological polar surface area (TPSA) is 38.1 Å². The number of anilines is 1. The Labute approximate surface area is 140 Å². The Morgan fingerprint density at radius 2 is 2.05 bits per heavy atom. The van der Waals surface area contributed by atoms with Crippen LogP contribution in [0.2, 0.25) is 0 Å². The molecule has 2 rings (SSSR count). The summed E-state index contributed by atoms with van der Waals surface area (Å²) in [4.78, 5) is 19.9. The van der Waals surface area contributed by atoms with Gasteiger partial charge in [-0.15, -0.1) is 0 Å². The minimum atomic E-state index is 0.0210. The van der Waals surface area contributed by atoms with Crippen molar-refractivity contribution in [1.82, 2.24) is 9.55 Å². The highest BCUT2D eigenvalue weighted by Crippen LogP contribution is 2.29. The Bertz CT molecular complexity index is 737. The molecule has 0 spiro atoms. The Morgan fingerprint density at radius 3 is 2.59 bits per heavy atom. The second kappa shape index (κ2) is 6.82. The van der Waals surface area contributed by atoms with Crippen LogP contribution >= 0.6 is 15.9 Å². The molecular formula is C17H24BrN3O. The molecule has 0 N–H and O–H groups in total. The second-order valence-corrected chi connectivity index (χ2v) is 7.10. The standard InChI is InChI=1S/C17H24BrN3O/c1-6-8-21(7-2)17-19-15-13(12(4)18)9-11(3)10-14(15)16(22)20(17)5/h9-10,12H,6-8H2,1-5H3. The first-order valence-electron chi connectivity index (χ1n) is 7.80. The first-order chi connectivity index (χ1) is 10.4. The maximum Gasteiger partial charge on any atom is 0.262 e. The third kappa shape index (κ3) is 3.05. The number of aryl methyl sites for hydroxylation is 1. The van der Waals surface area contributed by atoms with Crippen LogP contribution in [0.3, 0.4) is 0 Å². The molecule has 0 aliphatic heterocycles. The third-order valence-corrected chi connectivity index (χ3v) is 4.41. The van der Waals surface area contributed by atoms with Crippen LogP contribution in [0.4, 0.5) is 5.95 Å². The number of hydrogen-bond donors (Lipinski definition) is 0. The number of alkyl halides is 1. The molecule has 4 nitrogen and oxygen atoms in total. The zero-order chi connectivity index (χ0) is 16.4. The number of fused-ring (bicyclic) bond motifs is 1. The molecule has 0 amide bonds. The summed E-state index contributed by atoms with van der Waals surface area (Å²) >= 11 is 3.63. The van der Waals surface area contributed by atoms with Crippen LogP contribution in [0.15, 0.2) is 16.9 Å². The van der Waals surface area contributed by atoms with Crippen molar-refractivity contribution in [1.29, 1.82) is 0 Å². The lowest BCUT2D eigenvalue weighted by Gasteiger charge is -2.24. The molecule has 0 fully saturated rings. The van der Waals surface area contributed by atoms with Crippen LogP contribution in [-0.4, -0.2) is 22.6 Å². The molecular weight excluding hydrogens is 342 g/mol. The van der Waals surface area contributed by atoms with Crippen LogP contribution in [0, 0.1) is 6.92 Å². The van der Waals surface area contributed by atoms with Gasteiger partial charge in [0.25, 0.3) is 5.56 Å². The summed E-state index contributed by atoms with van der Waals surface area (Å²) in [6, 6.07) is 4.04. The third-order valence-electron chi connectivity index (χ3n) is 3.92. The van der Waals surface area contributed by atoms with Gasteiger partial charge in [-0.2, -0.15) is 0 Å². The maximum atomic E-state index is 12.8. The fourth-order valence-electron chi connectivity index (χ4n) is 2.80. The van der Waals surface area contributed by atoms with E-state index in [-0.39, 0.29) is 10.4 Å². The van der Waals surface area contributed by atoms with Crippen molar-refractivity contribution in [3.05, 3.63) is 33.6 Å². The average molecular weight is 366 g/mol. The number of rotatable bonds is 5. The zero-order valence-corrected chi connectivity index (χ0v) is 15.6. The summed E-state index contributed by atoms with van der Waals surface area (Å²) in [6.07, 6.45) is 1.03. The molecule has 0 saturated carbocycles. The molecule has 0 saturated heterocycles. The number of nitrogens with zero attached hydrogens (tertiary/aromatic N) is 3. The van der Waals surface area contributed by atoms with E-state index in [1.54, 1.807) is 4.57 Å². The van der Waals surface area contributed by atoms with Gasteiger partial charge in [-0.25, -0.2) is 4.98 Å². The molecule has 120 valence electrons.